The van der Waals surface area contributed by atoms with Gasteiger partial charge in [0.25, 0.3) is 0 Å². The van der Waals surface area contributed by atoms with Crippen molar-refractivity contribution in [2.75, 3.05) is 39.4 Å². The quantitative estimate of drug-likeness (QED) is 0.493. The van der Waals surface area contributed by atoms with E-state index in [4.69, 9.17) is 16.3 Å². The minimum Gasteiger partial charge on any atom is -0.379 e. The summed E-state index contributed by atoms with van der Waals surface area (Å²) in [6.45, 7) is 5.05. The van der Waals surface area contributed by atoms with E-state index in [9.17, 15) is 9.59 Å². The molecular weight excluding hydrogens is 466 g/mol. The van der Waals surface area contributed by atoms with Crippen LogP contribution in [0.15, 0.2) is 53.3 Å². The van der Waals surface area contributed by atoms with Gasteiger partial charge in [-0.2, -0.15) is 4.68 Å². The van der Waals surface area contributed by atoms with Gasteiger partial charge in [-0.05, 0) is 55.0 Å². The van der Waals surface area contributed by atoms with Crippen molar-refractivity contribution in [1.29, 1.82) is 0 Å². The number of aromatic nitrogens is 3. The summed E-state index contributed by atoms with van der Waals surface area (Å²) in [4.78, 5) is 28.4. The van der Waals surface area contributed by atoms with Crippen LogP contribution in [0.5, 0.6) is 0 Å². The summed E-state index contributed by atoms with van der Waals surface area (Å²) >= 11 is 6.20. The molecule has 1 aromatic heterocycles. The van der Waals surface area contributed by atoms with Gasteiger partial charge in [-0.15, -0.1) is 5.10 Å². The number of hydrogen-bond acceptors (Lipinski definition) is 5. The highest BCUT2D eigenvalue weighted by molar-refractivity contribution is 6.30. The molecule has 2 heterocycles. The van der Waals surface area contributed by atoms with Crippen LogP contribution in [0.25, 0.3) is 17.1 Å². The van der Waals surface area contributed by atoms with E-state index in [0.29, 0.717) is 34.6 Å². The molecule has 2 aromatic carbocycles. The predicted octanol–water partition coefficient (Wildman–Crippen LogP) is 2.76. The fourth-order valence-electron chi connectivity index (χ4n) is 4.24. The fraction of sp³-hybridized carbons (Fsp3) is 0.423. The molecule has 1 aliphatic carbocycles. The lowest BCUT2D eigenvalue weighted by atomic mass is 10.1. The van der Waals surface area contributed by atoms with E-state index in [2.05, 4.69) is 15.3 Å². The van der Waals surface area contributed by atoms with Crippen molar-refractivity contribution in [3.8, 4) is 17.1 Å². The van der Waals surface area contributed by atoms with E-state index in [-0.39, 0.29) is 18.1 Å². The molecule has 0 radical (unpaired) electrons. The van der Waals surface area contributed by atoms with Crippen LogP contribution in [0.1, 0.15) is 18.4 Å². The summed E-state index contributed by atoms with van der Waals surface area (Å²) in [7, 11) is 0. The van der Waals surface area contributed by atoms with Crippen LogP contribution in [0.2, 0.25) is 5.02 Å². The number of carbonyl (C=O) groups excluding carboxylic acids is 1. The third-order valence-corrected chi connectivity index (χ3v) is 6.77. The van der Waals surface area contributed by atoms with E-state index < -0.39 is 0 Å². The molecule has 0 spiro atoms. The number of amides is 1. The van der Waals surface area contributed by atoms with Crippen LogP contribution >= 0.6 is 11.6 Å². The Balaban J connectivity index is 1.37. The zero-order valence-corrected chi connectivity index (χ0v) is 20.4. The second kappa shape index (κ2) is 10.8. The number of morpholine rings is 1. The first-order valence-corrected chi connectivity index (χ1v) is 12.6. The second-order valence-corrected chi connectivity index (χ2v) is 9.67. The predicted molar refractivity (Wildman–Crippen MR) is 135 cm³/mol. The minimum absolute atomic E-state index is 0.0922. The van der Waals surface area contributed by atoms with E-state index in [1.807, 2.05) is 36.4 Å². The molecule has 2 fully saturated rings. The molecule has 0 unspecified atom stereocenters. The zero-order valence-electron chi connectivity index (χ0n) is 19.7. The molecule has 0 atom stereocenters. The molecule has 9 heteroatoms. The maximum Gasteiger partial charge on any atom is 0.351 e. The summed E-state index contributed by atoms with van der Waals surface area (Å²) in [5.41, 5.74) is 2.18. The number of ether oxygens (including phenoxy) is 1. The van der Waals surface area contributed by atoms with Crippen LogP contribution in [-0.2, 0) is 22.5 Å². The molecule has 1 aliphatic heterocycles. The van der Waals surface area contributed by atoms with Gasteiger partial charge in [0.2, 0.25) is 5.91 Å². The van der Waals surface area contributed by atoms with Gasteiger partial charge in [-0.3, -0.25) is 14.3 Å². The van der Waals surface area contributed by atoms with Crippen molar-refractivity contribution in [1.82, 2.24) is 24.6 Å². The number of benzene rings is 2. The highest BCUT2D eigenvalue weighted by Gasteiger charge is 2.23. The molecule has 184 valence electrons. The highest BCUT2D eigenvalue weighted by Crippen LogP contribution is 2.27. The maximum atomic E-state index is 13.4. The number of nitrogens with zero attached hydrogens (tertiary/aromatic N) is 4. The largest absolute Gasteiger partial charge is 0.379 e. The van der Waals surface area contributed by atoms with Gasteiger partial charge in [0.05, 0.1) is 18.9 Å². The van der Waals surface area contributed by atoms with Gasteiger partial charge in [0, 0.05) is 36.8 Å². The van der Waals surface area contributed by atoms with E-state index in [1.54, 1.807) is 12.1 Å². The summed E-state index contributed by atoms with van der Waals surface area (Å²) in [5, 5.41) is 8.08. The molecule has 5 rings (SSSR count). The minimum atomic E-state index is -0.359. The molecule has 0 bridgehead atoms. The SMILES string of the molecule is O=C(Cn1c(-c2cccc(Cl)c2)nn(-c2ccc(CCN3CCOCC3)cc2)c1=O)NCC1CC1. The number of rotatable bonds is 9. The standard InChI is InChI=1S/C26H30ClN5O3/c27-22-3-1-2-21(16-22)25-29-32(26(34)31(25)18-24(33)28-17-20-4-5-20)23-8-6-19(7-9-23)10-11-30-12-14-35-15-13-30/h1-3,6-9,16,20H,4-5,10-15,17-18H2,(H,28,33). The van der Waals surface area contributed by atoms with E-state index in [1.165, 1.54) is 14.8 Å². The number of hydrogen-bond donors (Lipinski definition) is 1. The lowest BCUT2D eigenvalue weighted by molar-refractivity contribution is -0.121. The molecule has 3 aromatic rings. The first-order valence-electron chi connectivity index (χ1n) is 12.2. The van der Waals surface area contributed by atoms with Crippen molar-refractivity contribution < 1.29 is 9.53 Å². The van der Waals surface area contributed by atoms with E-state index >= 15 is 0 Å². The van der Waals surface area contributed by atoms with Crippen LogP contribution in [0, 0.1) is 5.92 Å². The average molecular weight is 496 g/mol. The normalized spacial score (nSPS) is 16.4. The molecule has 1 amide bonds. The molecule has 8 nitrogen and oxygen atoms in total. The van der Waals surface area contributed by atoms with Crippen molar-refractivity contribution in [2.45, 2.75) is 25.8 Å². The summed E-state index contributed by atoms with van der Waals surface area (Å²) < 4.78 is 8.19. The molecule has 1 N–H and O–H groups in total. The second-order valence-electron chi connectivity index (χ2n) is 9.23. The Morgan fingerprint density at radius 1 is 1.11 bits per heavy atom. The van der Waals surface area contributed by atoms with Gasteiger partial charge in [0.1, 0.15) is 6.54 Å². The Morgan fingerprint density at radius 2 is 1.89 bits per heavy atom. The zero-order chi connectivity index (χ0) is 24.2. The van der Waals surface area contributed by atoms with Crippen LogP contribution in [0.4, 0.5) is 0 Å². The summed E-state index contributed by atoms with van der Waals surface area (Å²) in [6.07, 6.45) is 3.22. The molecule has 1 saturated heterocycles. The third-order valence-electron chi connectivity index (χ3n) is 6.53. The molecule has 35 heavy (non-hydrogen) atoms. The average Bonchev–Trinajstić information content (AvgIpc) is 3.66. The van der Waals surface area contributed by atoms with Crippen molar-refractivity contribution >= 4 is 17.5 Å². The molecule has 1 saturated carbocycles. The topological polar surface area (TPSA) is 81.4 Å². The fourth-order valence-corrected chi connectivity index (χ4v) is 4.43. The summed E-state index contributed by atoms with van der Waals surface area (Å²) in [5.74, 6) is 0.781. The van der Waals surface area contributed by atoms with Crippen molar-refractivity contribution in [2.24, 2.45) is 5.92 Å². The lowest BCUT2D eigenvalue weighted by Gasteiger charge is -2.26. The van der Waals surface area contributed by atoms with Crippen LogP contribution < -0.4 is 11.0 Å². The smallest absolute Gasteiger partial charge is 0.351 e. The van der Waals surface area contributed by atoms with Gasteiger partial charge < -0.3 is 10.1 Å². The molecular formula is C26H30ClN5O3. The maximum absolute atomic E-state index is 13.4. The summed E-state index contributed by atoms with van der Waals surface area (Å²) in [6, 6.07) is 15.0. The Morgan fingerprint density at radius 3 is 2.60 bits per heavy atom. The Kier molecular flexibility index (Phi) is 7.32. The number of carbonyl (C=O) groups is 1. The van der Waals surface area contributed by atoms with E-state index in [0.717, 1.165) is 52.1 Å². The monoisotopic (exact) mass is 495 g/mol. The van der Waals surface area contributed by atoms with Gasteiger partial charge in [0.15, 0.2) is 5.82 Å². The third kappa shape index (κ3) is 6.01. The van der Waals surface area contributed by atoms with Crippen molar-refractivity contribution in [3.63, 3.8) is 0 Å². The number of nitrogens with one attached hydrogen (secondary N) is 1. The van der Waals surface area contributed by atoms with Gasteiger partial charge in [-0.1, -0.05) is 35.9 Å². The van der Waals surface area contributed by atoms with Gasteiger partial charge >= 0.3 is 5.69 Å². The van der Waals surface area contributed by atoms with Crippen LogP contribution in [-0.4, -0.2) is 64.5 Å². The Hall–Kier alpha value is -2.94. The Bertz CT molecular complexity index is 1230. The lowest BCUT2D eigenvalue weighted by Crippen LogP contribution is -2.37. The molecule has 2 aliphatic rings. The number of halogens is 1. The van der Waals surface area contributed by atoms with Crippen molar-refractivity contribution in [3.05, 3.63) is 69.6 Å². The Labute approximate surface area is 209 Å². The van der Waals surface area contributed by atoms with Gasteiger partial charge in [-0.25, -0.2) is 4.79 Å². The first kappa shape index (κ1) is 23.8. The first-order chi connectivity index (χ1) is 17.1. The van der Waals surface area contributed by atoms with Crippen LogP contribution in [0.3, 0.4) is 0 Å². The highest BCUT2D eigenvalue weighted by atomic mass is 35.5.